The molecule has 1 unspecified atom stereocenters. The summed E-state index contributed by atoms with van der Waals surface area (Å²) in [6, 6.07) is 8.20. The highest BCUT2D eigenvalue weighted by atomic mass is 16.5. The third-order valence-electron chi connectivity index (χ3n) is 3.71. The van der Waals surface area contributed by atoms with E-state index in [2.05, 4.69) is 24.0 Å². The van der Waals surface area contributed by atoms with Gasteiger partial charge in [-0.15, -0.1) is 0 Å². The van der Waals surface area contributed by atoms with Crippen LogP contribution in [-0.4, -0.2) is 25.8 Å². The van der Waals surface area contributed by atoms with E-state index in [1.807, 2.05) is 12.1 Å². The lowest BCUT2D eigenvalue weighted by atomic mass is 10.1. The van der Waals surface area contributed by atoms with Crippen molar-refractivity contribution >= 4 is 11.4 Å². The van der Waals surface area contributed by atoms with Gasteiger partial charge in [0.25, 0.3) is 0 Å². The fourth-order valence-electron chi connectivity index (χ4n) is 2.74. The topological polar surface area (TPSA) is 38.5 Å². The van der Waals surface area contributed by atoms with E-state index >= 15 is 0 Å². The minimum atomic E-state index is 0.504. The lowest BCUT2D eigenvalue weighted by Gasteiger charge is -2.25. The molecule has 1 heterocycles. The highest BCUT2D eigenvalue weighted by Gasteiger charge is 2.15. The minimum Gasteiger partial charge on any atom is -0.399 e. The van der Waals surface area contributed by atoms with Gasteiger partial charge in [-0.05, 0) is 50.3 Å². The molecule has 1 aromatic rings. The lowest BCUT2D eigenvalue weighted by molar-refractivity contribution is 0.103. The van der Waals surface area contributed by atoms with Gasteiger partial charge in [-0.1, -0.05) is 13.0 Å². The van der Waals surface area contributed by atoms with Gasteiger partial charge in [-0.3, -0.25) is 0 Å². The Bertz CT molecular complexity index is 375. The predicted octanol–water partition coefficient (Wildman–Crippen LogP) is 3.44. The first-order valence-corrected chi connectivity index (χ1v) is 7.51. The van der Waals surface area contributed by atoms with E-state index in [0.717, 1.165) is 31.8 Å². The van der Waals surface area contributed by atoms with Crippen LogP contribution in [0.15, 0.2) is 24.3 Å². The van der Waals surface area contributed by atoms with Gasteiger partial charge in [0.15, 0.2) is 0 Å². The van der Waals surface area contributed by atoms with Crippen LogP contribution in [0.2, 0.25) is 0 Å². The molecule has 0 radical (unpaired) electrons. The van der Waals surface area contributed by atoms with Crippen molar-refractivity contribution in [3.8, 4) is 0 Å². The molecule has 0 bridgehead atoms. The van der Waals surface area contributed by atoms with Gasteiger partial charge in [0.05, 0.1) is 6.10 Å². The van der Waals surface area contributed by atoms with Crippen molar-refractivity contribution in [2.75, 3.05) is 30.3 Å². The first-order valence-electron chi connectivity index (χ1n) is 7.51. The second-order valence-corrected chi connectivity index (χ2v) is 5.36. The zero-order valence-electron chi connectivity index (χ0n) is 12.0. The summed E-state index contributed by atoms with van der Waals surface area (Å²) < 4.78 is 5.68. The maximum atomic E-state index is 5.87. The molecule has 1 fully saturated rings. The molecule has 1 aromatic carbocycles. The molecule has 0 amide bonds. The third kappa shape index (κ3) is 4.43. The van der Waals surface area contributed by atoms with Crippen LogP contribution in [0.4, 0.5) is 11.4 Å². The van der Waals surface area contributed by atoms with Gasteiger partial charge in [0.1, 0.15) is 0 Å². The van der Waals surface area contributed by atoms with Crippen LogP contribution in [-0.2, 0) is 4.74 Å². The predicted molar refractivity (Wildman–Crippen MR) is 81.6 cm³/mol. The highest BCUT2D eigenvalue weighted by Crippen LogP contribution is 2.21. The molecule has 19 heavy (non-hydrogen) atoms. The largest absolute Gasteiger partial charge is 0.399 e. The van der Waals surface area contributed by atoms with E-state index < -0.39 is 0 Å². The Labute approximate surface area is 116 Å². The van der Waals surface area contributed by atoms with Crippen LogP contribution in [0.1, 0.15) is 39.0 Å². The van der Waals surface area contributed by atoms with Crippen LogP contribution in [0, 0.1) is 0 Å². The van der Waals surface area contributed by atoms with Crippen molar-refractivity contribution in [3.63, 3.8) is 0 Å². The van der Waals surface area contributed by atoms with Crippen LogP contribution in [0.5, 0.6) is 0 Å². The van der Waals surface area contributed by atoms with Gasteiger partial charge in [-0.25, -0.2) is 0 Å². The summed E-state index contributed by atoms with van der Waals surface area (Å²) in [5.41, 5.74) is 7.96. The van der Waals surface area contributed by atoms with Crippen LogP contribution < -0.4 is 10.6 Å². The molecule has 1 aliphatic rings. The van der Waals surface area contributed by atoms with E-state index in [0.29, 0.717) is 6.10 Å². The van der Waals surface area contributed by atoms with Crippen molar-refractivity contribution in [3.05, 3.63) is 24.3 Å². The number of rotatable bonds is 7. The zero-order chi connectivity index (χ0) is 13.5. The van der Waals surface area contributed by atoms with Gasteiger partial charge < -0.3 is 15.4 Å². The summed E-state index contributed by atoms with van der Waals surface area (Å²) in [5, 5.41) is 0. The van der Waals surface area contributed by atoms with E-state index in [1.54, 1.807) is 0 Å². The average molecular weight is 262 g/mol. The average Bonchev–Trinajstić information content (AvgIpc) is 2.91. The second kappa shape index (κ2) is 7.39. The van der Waals surface area contributed by atoms with E-state index in [4.69, 9.17) is 10.5 Å². The molecule has 1 atom stereocenters. The smallest absolute Gasteiger partial charge is 0.0576 e. The summed E-state index contributed by atoms with van der Waals surface area (Å²) in [5.74, 6) is 0. The number of benzene rings is 1. The fourth-order valence-corrected chi connectivity index (χ4v) is 2.74. The standard InChI is InChI=1S/C16H26N2O/c1-2-10-18(15-7-3-6-14(17)13-15)11-4-8-16-9-5-12-19-16/h3,6-7,13,16H,2,4-5,8-12,17H2,1H3. The Morgan fingerprint density at radius 1 is 1.37 bits per heavy atom. The Kier molecular flexibility index (Phi) is 5.52. The Morgan fingerprint density at radius 3 is 2.95 bits per heavy atom. The quantitative estimate of drug-likeness (QED) is 0.765. The molecular formula is C16H26N2O. The molecule has 0 saturated carbocycles. The van der Waals surface area contributed by atoms with Gasteiger partial charge in [-0.2, -0.15) is 0 Å². The maximum Gasteiger partial charge on any atom is 0.0576 e. The maximum absolute atomic E-state index is 5.87. The Balaban J connectivity index is 1.84. The minimum absolute atomic E-state index is 0.504. The van der Waals surface area contributed by atoms with E-state index in [-0.39, 0.29) is 0 Å². The molecule has 106 valence electrons. The normalized spacial score (nSPS) is 18.7. The molecule has 0 spiro atoms. The fraction of sp³-hybridized carbons (Fsp3) is 0.625. The molecular weight excluding hydrogens is 236 g/mol. The van der Waals surface area contributed by atoms with Crippen LogP contribution in [0.3, 0.4) is 0 Å². The number of nitrogens with two attached hydrogens (primary N) is 1. The molecule has 2 N–H and O–H groups in total. The molecule has 3 heteroatoms. The van der Waals surface area contributed by atoms with Crippen molar-refractivity contribution < 1.29 is 4.74 Å². The van der Waals surface area contributed by atoms with E-state index in [1.165, 1.54) is 31.4 Å². The molecule has 1 saturated heterocycles. The van der Waals surface area contributed by atoms with Crippen LogP contribution in [0.25, 0.3) is 0 Å². The summed E-state index contributed by atoms with van der Waals surface area (Å²) in [7, 11) is 0. The first-order chi connectivity index (χ1) is 9.29. The monoisotopic (exact) mass is 262 g/mol. The summed E-state index contributed by atoms with van der Waals surface area (Å²) in [6.45, 7) is 5.37. The Morgan fingerprint density at radius 2 is 2.26 bits per heavy atom. The van der Waals surface area contributed by atoms with E-state index in [9.17, 15) is 0 Å². The number of nitrogen functional groups attached to an aromatic ring is 1. The lowest BCUT2D eigenvalue weighted by Crippen LogP contribution is -2.26. The SMILES string of the molecule is CCCN(CCCC1CCCO1)c1cccc(N)c1. The van der Waals surface area contributed by atoms with Gasteiger partial charge >= 0.3 is 0 Å². The van der Waals surface area contributed by atoms with Crippen LogP contribution >= 0.6 is 0 Å². The van der Waals surface area contributed by atoms with Crippen molar-refractivity contribution in [1.29, 1.82) is 0 Å². The van der Waals surface area contributed by atoms with Crippen molar-refractivity contribution in [1.82, 2.24) is 0 Å². The molecule has 0 aliphatic carbocycles. The first kappa shape index (κ1) is 14.2. The number of ether oxygens (including phenoxy) is 1. The zero-order valence-corrected chi connectivity index (χ0v) is 12.0. The molecule has 2 rings (SSSR count). The summed E-state index contributed by atoms with van der Waals surface area (Å²) in [6.07, 6.45) is 6.52. The molecule has 3 nitrogen and oxygen atoms in total. The van der Waals surface area contributed by atoms with Gasteiger partial charge in [0.2, 0.25) is 0 Å². The highest BCUT2D eigenvalue weighted by molar-refractivity contribution is 5.55. The molecule has 1 aliphatic heterocycles. The van der Waals surface area contributed by atoms with Crippen molar-refractivity contribution in [2.24, 2.45) is 0 Å². The number of hydrogen-bond donors (Lipinski definition) is 1. The second-order valence-electron chi connectivity index (χ2n) is 5.36. The summed E-state index contributed by atoms with van der Waals surface area (Å²) in [4.78, 5) is 2.44. The Hall–Kier alpha value is -1.22. The number of nitrogens with zero attached hydrogens (tertiary/aromatic N) is 1. The summed E-state index contributed by atoms with van der Waals surface area (Å²) >= 11 is 0. The van der Waals surface area contributed by atoms with Crippen molar-refractivity contribution in [2.45, 2.75) is 45.1 Å². The number of anilines is 2. The molecule has 0 aromatic heterocycles. The van der Waals surface area contributed by atoms with Gasteiger partial charge in [0, 0.05) is 31.1 Å². The number of hydrogen-bond acceptors (Lipinski definition) is 3. The third-order valence-corrected chi connectivity index (χ3v) is 3.71.